The molecule has 0 bridgehead atoms. The summed E-state index contributed by atoms with van der Waals surface area (Å²) >= 11 is 0. The fraction of sp³-hybridized carbons (Fsp3) is 0.286. The minimum absolute atomic E-state index is 0.282. The average molecular weight is 182 g/mol. The standard InChI is InChI=1S/C5H4N4O2.C2H6/c10-4-3-2(1-6-9-3)7-5(11)8-4;1-2/h1H,(H,6,9)(H2,7,8,10,11);1-2H3. The fourth-order valence-electron chi connectivity index (χ4n) is 0.873. The normalized spacial score (nSPS) is 9.38. The number of aromatic amines is 3. The van der Waals surface area contributed by atoms with Crippen LogP contribution in [-0.2, 0) is 0 Å². The molecular weight excluding hydrogens is 172 g/mol. The Kier molecular flexibility index (Phi) is 2.63. The SMILES string of the molecule is CC.O=c1[nH]c(=O)c2[nH]ncc2[nH]1. The second-order valence-corrected chi connectivity index (χ2v) is 2.07. The highest BCUT2D eigenvalue weighted by molar-refractivity contribution is 5.70. The van der Waals surface area contributed by atoms with Gasteiger partial charge < -0.3 is 4.98 Å². The first-order chi connectivity index (χ1) is 6.27. The van der Waals surface area contributed by atoms with Gasteiger partial charge in [-0.1, -0.05) is 13.8 Å². The van der Waals surface area contributed by atoms with Crippen molar-refractivity contribution >= 4 is 11.0 Å². The Bertz CT molecular complexity index is 493. The summed E-state index contributed by atoms with van der Waals surface area (Å²) in [5.41, 5.74) is -0.284. The number of hydrogen-bond acceptors (Lipinski definition) is 3. The van der Waals surface area contributed by atoms with Gasteiger partial charge in [0.2, 0.25) is 0 Å². The van der Waals surface area contributed by atoms with E-state index in [1.54, 1.807) is 0 Å². The molecule has 70 valence electrons. The fourth-order valence-corrected chi connectivity index (χ4v) is 0.873. The van der Waals surface area contributed by atoms with Crippen molar-refractivity contribution in [3.8, 4) is 0 Å². The van der Waals surface area contributed by atoms with Crippen molar-refractivity contribution in [3.05, 3.63) is 27.0 Å². The van der Waals surface area contributed by atoms with Crippen LogP contribution in [0, 0.1) is 0 Å². The molecule has 0 aromatic carbocycles. The molecule has 0 fully saturated rings. The van der Waals surface area contributed by atoms with Crippen molar-refractivity contribution in [1.82, 2.24) is 20.2 Å². The van der Waals surface area contributed by atoms with E-state index < -0.39 is 11.2 Å². The van der Waals surface area contributed by atoms with E-state index in [4.69, 9.17) is 0 Å². The van der Waals surface area contributed by atoms with Gasteiger partial charge in [0, 0.05) is 0 Å². The highest BCUT2D eigenvalue weighted by atomic mass is 16.2. The maximum Gasteiger partial charge on any atom is 0.326 e. The summed E-state index contributed by atoms with van der Waals surface area (Å²) in [6.07, 6.45) is 1.38. The molecule has 0 amide bonds. The molecule has 2 aromatic heterocycles. The zero-order valence-electron chi connectivity index (χ0n) is 7.34. The number of rotatable bonds is 0. The Morgan fingerprint density at radius 2 is 1.92 bits per heavy atom. The lowest BCUT2D eigenvalue weighted by Crippen LogP contribution is -2.21. The molecule has 0 aliphatic carbocycles. The lowest BCUT2D eigenvalue weighted by molar-refractivity contribution is 1.06. The van der Waals surface area contributed by atoms with E-state index in [2.05, 4.69) is 20.2 Å². The first-order valence-corrected chi connectivity index (χ1v) is 3.93. The lowest BCUT2D eigenvalue weighted by atomic mass is 10.5. The second-order valence-electron chi connectivity index (χ2n) is 2.07. The maximum absolute atomic E-state index is 10.9. The molecule has 2 rings (SSSR count). The van der Waals surface area contributed by atoms with Crippen LogP contribution < -0.4 is 11.2 Å². The predicted octanol–water partition coefficient (Wildman–Crippen LogP) is -0.0343. The van der Waals surface area contributed by atoms with E-state index in [0.29, 0.717) is 5.52 Å². The van der Waals surface area contributed by atoms with Gasteiger partial charge in [0.1, 0.15) is 5.52 Å². The monoisotopic (exact) mass is 182 g/mol. The van der Waals surface area contributed by atoms with E-state index in [-0.39, 0.29) is 5.52 Å². The highest BCUT2D eigenvalue weighted by Gasteiger charge is 1.99. The van der Waals surface area contributed by atoms with Crippen LogP contribution in [0.25, 0.3) is 11.0 Å². The molecule has 0 saturated heterocycles. The van der Waals surface area contributed by atoms with Crippen LogP contribution >= 0.6 is 0 Å². The van der Waals surface area contributed by atoms with Crippen LogP contribution in [-0.4, -0.2) is 20.2 Å². The van der Waals surface area contributed by atoms with Crippen molar-refractivity contribution in [1.29, 1.82) is 0 Å². The first kappa shape index (κ1) is 9.24. The van der Waals surface area contributed by atoms with Gasteiger partial charge in [-0.25, -0.2) is 4.79 Å². The van der Waals surface area contributed by atoms with E-state index in [9.17, 15) is 9.59 Å². The van der Waals surface area contributed by atoms with Crippen LogP contribution in [0.1, 0.15) is 13.8 Å². The van der Waals surface area contributed by atoms with Crippen LogP contribution in [0.4, 0.5) is 0 Å². The van der Waals surface area contributed by atoms with Gasteiger partial charge in [-0.3, -0.25) is 14.9 Å². The van der Waals surface area contributed by atoms with Crippen LogP contribution in [0.15, 0.2) is 15.8 Å². The quantitative estimate of drug-likeness (QED) is 0.533. The first-order valence-electron chi connectivity index (χ1n) is 3.93. The van der Waals surface area contributed by atoms with Crippen molar-refractivity contribution < 1.29 is 0 Å². The van der Waals surface area contributed by atoms with Gasteiger partial charge in [0.25, 0.3) is 5.56 Å². The van der Waals surface area contributed by atoms with Gasteiger partial charge in [-0.2, -0.15) is 5.10 Å². The summed E-state index contributed by atoms with van der Waals surface area (Å²) < 4.78 is 0. The molecule has 6 nitrogen and oxygen atoms in total. The Morgan fingerprint density at radius 1 is 1.23 bits per heavy atom. The van der Waals surface area contributed by atoms with Gasteiger partial charge in [0.05, 0.1) is 11.7 Å². The summed E-state index contributed by atoms with van der Waals surface area (Å²) in [5, 5.41) is 6.04. The van der Waals surface area contributed by atoms with Crippen molar-refractivity contribution in [2.45, 2.75) is 13.8 Å². The number of H-pyrrole nitrogens is 3. The number of aromatic nitrogens is 4. The Morgan fingerprint density at radius 3 is 2.62 bits per heavy atom. The zero-order valence-corrected chi connectivity index (χ0v) is 7.34. The van der Waals surface area contributed by atoms with Gasteiger partial charge >= 0.3 is 5.69 Å². The Balaban J connectivity index is 0.000000396. The summed E-state index contributed by atoms with van der Waals surface area (Å²) in [6, 6.07) is 0. The molecule has 0 unspecified atom stereocenters. The molecule has 3 N–H and O–H groups in total. The molecule has 13 heavy (non-hydrogen) atoms. The largest absolute Gasteiger partial charge is 0.326 e. The van der Waals surface area contributed by atoms with E-state index in [1.807, 2.05) is 13.8 Å². The van der Waals surface area contributed by atoms with Crippen LogP contribution in [0.2, 0.25) is 0 Å². The minimum atomic E-state index is -0.524. The topological polar surface area (TPSA) is 94.4 Å². The van der Waals surface area contributed by atoms with E-state index in [0.717, 1.165) is 0 Å². The summed E-state index contributed by atoms with van der Waals surface area (Å²) in [5.74, 6) is 0. The van der Waals surface area contributed by atoms with Crippen LogP contribution in [0.3, 0.4) is 0 Å². The molecule has 0 spiro atoms. The molecule has 0 radical (unpaired) electrons. The molecule has 2 heterocycles. The molecular formula is C7H10N4O2. The number of fused-ring (bicyclic) bond motifs is 1. The van der Waals surface area contributed by atoms with Crippen molar-refractivity contribution in [2.75, 3.05) is 0 Å². The van der Waals surface area contributed by atoms with E-state index in [1.165, 1.54) is 6.20 Å². The van der Waals surface area contributed by atoms with Gasteiger partial charge in [-0.15, -0.1) is 0 Å². The lowest BCUT2D eigenvalue weighted by Gasteiger charge is -1.83. The van der Waals surface area contributed by atoms with Gasteiger partial charge in [0.15, 0.2) is 0 Å². The third kappa shape index (κ3) is 1.66. The zero-order chi connectivity index (χ0) is 9.84. The van der Waals surface area contributed by atoms with Crippen molar-refractivity contribution in [2.24, 2.45) is 0 Å². The maximum atomic E-state index is 10.9. The Hall–Kier alpha value is -1.85. The number of nitrogens with one attached hydrogen (secondary N) is 3. The molecule has 0 atom stereocenters. The van der Waals surface area contributed by atoms with Crippen molar-refractivity contribution in [3.63, 3.8) is 0 Å². The average Bonchev–Trinajstić information content (AvgIpc) is 2.55. The summed E-state index contributed by atoms with van der Waals surface area (Å²) in [7, 11) is 0. The molecule has 0 aliphatic rings. The van der Waals surface area contributed by atoms with Crippen LogP contribution in [0.5, 0.6) is 0 Å². The van der Waals surface area contributed by atoms with Gasteiger partial charge in [-0.05, 0) is 0 Å². The molecule has 2 aromatic rings. The smallest absolute Gasteiger partial charge is 0.304 e. The third-order valence-corrected chi connectivity index (χ3v) is 1.34. The number of nitrogens with zero attached hydrogens (tertiary/aromatic N) is 1. The minimum Gasteiger partial charge on any atom is -0.304 e. The molecule has 0 aliphatic heterocycles. The Labute approximate surface area is 73.0 Å². The summed E-state index contributed by atoms with van der Waals surface area (Å²) in [4.78, 5) is 26.0. The molecule has 6 heteroatoms. The van der Waals surface area contributed by atoms with E-state index >= 15 is 0 Å². The third-order valence-electron chi connectivity index (χ3n) is 1.34. The second kappa shape index (κ2) is 3.70. The number of hydrogen-bond donors (Lipinski definition) is 3. The predicted molar refractivity (Wildman–Crippen MR) is 48.7 cm³/mol. The highest BCUT2D eigenvalue weighted by Crippen LogP contribution is 1.94. The summed E-state index contributed by atoms with van der Waals surface area (Å²) in [6.45, 7) is 4.00. The molecule has 0 saturated carbocycles.